The summed E-state index contributed by atoms with van der Waals surface area (Å²) < 4.78 is 43.2. The van der Waals surface area contributed by atoms with Crippen molar-refractivity contribution in [3.63, 3.8) is 0 Å². The smallest absolute Gasteiger partial charge is 0.322 e. The van der Waals surface area contributed by atoms with Crippen LogP contribution in [0.5, 0.6) is 11.5 Å². The maximum absolute atomic E-state index is 12.6. The molecule has 0 unspecified atom stereocenters. The van der Waals surface area contributed by atoms with Crippen molar-refractivity contribution in [1.82, 2.24) is 14.5 Å². The van der Waals surface area contributed by atoms with E-state index < -0.39 is 15.9 Å². The zero-order chi connectivity index (χ0) is 24.1. The number of carbonyl (C=O) groups is 1. The van der Waals surface area contributed by atoms with Crippen LogP contribution in [0.4, 0.5) is 6.01 Å². The van der Waals surface area contributed by atoms with Gasteiger partial charge in [-0.05, 0) is 48.4 Å². The number of aromatic nitrogens is 2. The molecule has 3 aromatic rings. The molecule has 0 fully saturated rings. The molecule has 1 N–H and O–H groups in total. The van der Waals surface area contributed by atoms with Crippen molar-refractivity contribution in [2.75, 3.05) is 32.1 Å². The molecule has 1 amide bonds. The van der Waals surface area contributed by atoms with Gasteiger partial charge in [-0.2, -0.15) is 0 Å². The molecule has 1 aliphatic heterocycles. The Morgan fingerprint density at radius 2 is 1.79 bits per heavy atom. The minimum atomic E-state index is -3.60. The Kier molecular flexibility index (Phi) is 7.13. The molecule has 0 saturated heterocycles. The van der Waals surface area contributed by atoms with Crippen LogP contribution in [0.15, 0.2) is 51.8 Å². The predicted octanol–water partition coefficient (Wildman–Crippen LogP) is 3.10. The number of nitrogens with zero attached hydrogens (tertiary/aromatic N) is 3. The highest BCUT2D eigenvalue weighted by Gasteiger charge is 2.21. The lowest BCUT2D eigenvalue weighted by molar-refractivity contribution is 0.102. The first kappa shape index (κ1) is 23.7. The number of carbonyl (C=O) groups excluding carboxylic acids is 1. The lowest BCUT2D eigenvalue weighted by Gasteiger charge is -2.18. The number of rotatable bonds is 9. The molecule has 1 aromatic heterocycles. The van der Waals surface area contributed by atoms with Crippen LogP contribution in [-0.2, 0) is 16.4 Å². The number of ether oxygens (including phenoxy) is 2. The van der Waals surface area contributed by atoms with Gasteiger partial charge in [0.25, 0.3) is 5.91 Å². The molecular formula is C23H26N4O6S. The van der Waals surface area contributed by atoms with E-state index in [0.717, 1.165) is 18.4 Å². The highest BCUT2D eigenvalue weighted by molar-refractivity contribution is 7.89. The highest BCUT2D eigenvalue weighted by Crippen LogP contribution is 2.31. The molecule has 0 spiro atoms. The Bertz CT molecular complexity index is 1260. The summed E-state index contributed by atoms with van der Waals surface area (Å²) in [5, 5.41) is 10.4. The summed E-state index contributed by atoms with van der Waals surface area (Å²) in [6.07, 6.45) is 2.03. The normalized spacial score (nSPS) is 13.1. The summed E-state index contributed by atoms with van der Waals surface area (Å²) in [7, 11) is -2.06. The molecule has 10 nitrogen and oxygen atoms in total. The quantitative estimate of drug-likeness (QED) is 0.489. The molecule has 0 radical (unpaired) electrons. The summed E-state index contributed by atoms with van der Waals surface area (Å²) in [5.74, 6) is 1.19. The fourth-order valence-electron chi connectivity index (χ4n) is 3.38. The zero-order valence-corrected chi connectivity index (χ0v) is 19.8. The molecule has 0 atom stereocenters. The third kappa shape index (κ3) is 5.37. The Labute approximate surface area is 197 Å². The van der Waals surface area contributed by atoms with Gasteiger partial charge in [0, 0.05) is 19.2 Å². The van der Waals surface area contributed by atoms with Crippen molar-refractivity contribution < 1.29 is 27.1 Å². The summed E-state index contributed by atoms with van der Waals surface area (Å²) in [4.78, 5) is 12.7. The van der Waals surface area contributed by atoms with Gasteiger partial charge in [0.15, 0.2) is 11.5 Å². The van der Waals surface area contributed by atoms with Crippen LogP contribution in [0.2, 0.25) is 0 Å². The third-order valence-electron chi connectivity index (χ3n) is 5.30. The monoisotopic (exact) mass is 486 g/mol. The van der Waals surface area contributed by atoms with Crippen molar-refractivity contribution >= 4 is 21.9 Å². The van der Waals surface area contributed by atoms with Crippen molar-refractivity contribution in [3.05, 3.63) is 59.5 Å². The second-order valence-electron chi connectivity index (χ2n) is 7.81. The Morgan fingerprint density at radius 1 is 1.06 bits per heavy atom. The number of hydrogen-bond donors (Lipinski definition) is 1. The van der Waals surface area contributed by atoms with E-state index in [1.54, 1.807) is 7.05 Å². The van der Waals surface area contributed by atoms with E-state index in [4.69, 9.17) is 13.9 Å². The number of nitrogens with one attached hydrogen (secondary N) is 1. The SMILES string of the molecule is CCCCN(C)S(=O)(=O)c1ccc(C(=O)Nc2nnc(Cc3ccc4c(c3)OCCO4)o2)cc1. The van der Waals surface area contributed by atoms with E-state index in [0.29, 0.717) is 43.6 Å². The maximum Gasteiger partial charge on any atom is 0.322 e. The maximum atomic E-state index is 12.6. The van der Waals surface area contributed by atoms with E-state index in [1.807, 2.05) is 25.1 Å². The van der Waals surface area contributed by atoms with Gasteiger partial charge in [0.2, 0.25) is 15.9 Å². The first-order valence-corrected chi connectivity index (χ1v) is 12.4. The fourth-order valence-corrected chi connectivity index (χ4v) is 4.59. The van der Waals surface area contributed by atoms with Gasteiger partial charge < -0.3 is 13.9 Å². The first-order chi connectivity index (χ1) is 16.4. The van der Waals surface area contributed by atoms with Crippen molar-refractivity contribution in [1.29, 1.82) is 0 Å². The van der Waals surface area contributed by atoms with Gasteiger partial charge >= 0.3 is 6.01 Å². The molecular weight excluding hydrogens is 460 g/mol. The lowest BCUT2D eigenvalue weighted by atomic mass is 10.1. The van der Waals surface area contributed by atoms with Crippen LogP contribution < -0.4 is 14.8 Å². The highest BCUT2D eigenvalue weighted by atomic mass is 32.2. The molecule has 0 bridgehead atoms. The van der Waals surface area contributed by atoms with Gasteiger partial charge in [-0.15, -0.1) is 5.10 Å². The van der Waals surface area contributed by atoms with Gasteiger partial charge in [-0.1, -0.05) is 24.5 Å². The molecule has 0 aliphatic carbocycles. The largest absolute Gasteiger partial charge is 0.486 e. The zero-order valence-electron chi connectivity index (χ0n) is 19.0. The summed E-state index contributed by atoms with van der Waals surface area (Å²) in [6.45, 7) is 3.45. The van der Waals surface area contributed by atoms with Crippen LogP contribution in [0, 0.1) is 0 Å². The van der Waals surface area contributed by atoms with E-state index in [1.165, 1.54) is 28.6 Å². The summed E-state index contributed by atoms with van der Waals surface area (Å²) >= 11 is 0. The van der Waals surface area contributed by atoms with Crippen LogP contribution in [0.1, 0.15) is 41.6 Å². The van der Waals surface area contributed by atoms with Gasteiger partial charge in [0.05, 0.1) is 11.3 Å². The van der Waals surface area contributed by atoms with E-state index in [-0.39, 0.29) is 16.5 Å². The molecule has 4 rings (SSSR count). The molecule has 0 saturated carbocycles. The first-order valence-electron chi connectivity index (χ1n) is 11.0. The average molecular weight is 487 g/mol. The van der Waals surface area contributed by atoms with Gasteiger partial charge in [-0.3, -0.25) is 10.1 Å². The van der Waals surface area contributed by atoms with E-state index >= 15 is 0 Å². The Morgan fingerprint density at radius 3 is 2.53 bits per heavy atom. The minimum Gasteiger partial charge on any atom is -0.486 e. The molecule has 180 valence electrons. The molecule has 2 heterocycles. The Hall–Kier alpha value is -3.44. The predicted molar refractivity (Wildman–Crippen MR) is 124 cm³/mol. The second-order valence-corrected chi connectivity index (χ2v) is 9.86. The molecule has 34 heavy (non-hydrogen) atoms. The van der Waals surface area contributed by atoms with Crippen LogP contribution >= 0.6 is 0 Å². The number of benzene rings is 2. The van der Waals surface area contributed by atoms with Crippen LogP contribution in [-0.4, -0.2) is 55.6 Å². The summed E-state index contributed by atoms with van der Waals surface area (Å²) in [6, 6.07) is 11.2. The van der Waals surface area contributed by atoms with Crippen molar-refractivity contribution in [2.45, 2.75) is 31.1 Å². The molecule has 1 aliphatic rings. The van der Waals surface area contributed by atoms with Crippen LogP contribution in [0.3, 0.4) is 0 Å². The average Bonchev–Trinajstić information content (AvgIpc) is 3.28. The van der Waals surface area contributed by atoms with E-state index in [9.17, 15) is 13.2 Å². The Balaban J connectivity index is 1.38. The topological polar surface area (TPSA) is 124 Å². The summed E-state index contributed by atoms with van der Waals surface area (Å²) in [5.41, 5.74) is 1.16. The van der Waals surface area contributed by atoms with E-state index in [2.05, 4.69) is 15.5 Å². The number of sulfonamides is 1. The van der Waals surface area contributed by atoms with Crippen LogP contribution in [0.25, 0.3) is 0 Å². The van der Waals surface area contributed by atoms with Crippen molar-refractivity contribution in [2.24, 2.45) is 0 Å². The number of unbranched alkanes of at least 4 members (excludes halogenated alkanes) is 1. The number of fused-ring (bicyclic) bond motifs is 1. The number of amides is 1. The van der Waals surface area contributed by atoms with Crippen molar-refractivity contribution in [3.8, 4) is 11.5 Å². The molecule has 2 aromatic carbocycles. The fraction of sp³-hybridized carbons (Fsp3) is 0.348. The number of anilines is 1. The van der Waals surface area contributed by atoms with Gasteiger partial charge in [0.1, 0.15) is 13.2 Å². The third-order valence-corrected chi connectivity index (χ3v) is 7.17. The lowest BCUT2D eigenvalue weighted by Crippen LogP contribution is -2.28. The second kappa shape index (κ2) is 10.2. The number of hydrogen-bond acceptors (Lipinski definition) is 8. The minimum absolute atomic E-state index is 0.0476. The standard InChI is InChI=1S/C23H26N4O6S/c1-3-4-11-27(2)34(29,30)18-8-6-17(7-9-18)22(28)24-23-26-25-21(33-23)15-16-5-10-19-20(14-16)32-13-12-31-19/h5-10,14H,3-4,11-13,15H2,1-2H3,(H,24,26,28). The molecule has 11 heteroatoms. The van der Waals surface area contributed by atoms with Gasteiger partial charge in [-0.25, -0.2) is 12.7 Å².